The Morgan fingerprint density at radius 3 is 2.76 bits per heavy atom. The molecule has 1 aliphatic rings. The lowest BCUT2D eigenvalue weighted by Gasteiger charge is -2.22. The van der Waals surface area contributed by atoms with E-state index in [0.29, 0.717) is 32.4 Å². The van der Waals surface area contributed by atoms with Crippen molar-refractivity contribution in [2.75, 3.05) is 19.6 Å². The molecule has 1 atom stereocenters. The van der Waals surface area contributed by atoms with Crippen LogP contribution < -0.4 is 5.73 Å². The van der Waals surface area contributed by atoms with Gasteiger partial charge in [-0.15, -0.1) is 0 Å². The van der Waals surface area contributed by atoms with Crippen LogP contribution in [0.25, 0.3) is 0 Å². The third kappa shape index (κ3) is 4.00. The lowest BCUT2D eigenvalue weighted by atomic mass is 9.90. The first-order valence-electron chi connectivity index (χ1n) is 7.35. The number of amides is 1. The van der Waals surface area contributed by atoms with Crippen molar-refractivity contribution in [3.63, 3.8) is 0 Å². The van der Waals surface area contributed by atoms with Crippen LogP contribution in [-0.4, -0.2) is 30.4 Å². The predicted octanol–water partition coefficient (Wildman–Crippen LogP) is 2.48. The third-order valence-electron chi connectivity index (χ3n) is 4.24. The van der Waals surface area contributed by atoms with Gasteiger partial charge in [-0.3, -0.25) is 4.79 Å². The molecule has 0 saturated carbocycles. The van der Waals surface area contributed by atoms with Crippen molar-refractivity contribution in [1.82, 2.24) is 4.90 Å². The molecular weight excluding hydrogens is 274 g/mol. The summed E-state index contributed by atoms with van der Waals surface area (Å²) in [6.07, 6.45) is 2.59. The van der Waals surface area contributed by atoms with Crippen LogP contribution in [0.1, 0.15) is 31.7 Å². The molecule has 21 heavy (non-hydrogen) atoms. The van der Waals surface area contributed by atoms with Gasteiger partial charge in [0.1, 0.15) is 0 Å². The summed E-state index contributed by atoms with van der Waals surface area (Å²) in [6, 6.07) is 3.88. The van der Waals surface area contributed by atoms with Gasteiger partial charge in [0.25, 0.3) is 0 Å². The molecule has 1 amide bonds. The molecule has 1 aromatic carbocycles. The van der Waals surface area contributed by atoms with Crippen molar-refractivity contribution in [2.24, 2.45) is 11.1 Å². The Labute approximate surface area is 124 Å². The topological polar surface area (TPSA) is 46.3 Å². The Bertz CT molecular complexity index is 521. The van der Waals surface area contributed by atoms with Crippen LogP contribution in [0, 0.1) is 17.0 Å². The molecule has 5 heteroatoms. The molecule has 0 aliphatic carbocycles. The number of nitrogens with zero attached hydrogens (tertiary/aromatic N) is 1. The second-order valence-corrected chi connectivity index (χ2v) is 6.18. The van der Waals surface area contributed by atoms with Crippen molar-refractivity contribution in [1.29, 1.82) is 0 Å². The minimum absolute atomic E-state index is 0.0374. The molecule has 1 aromatic rings. The van der Waals surface area contributed by atoms with Crippen LogP contribution >= 0.6 is 0 Å². The number of rotatable bonds is 5. The summed E-state index contributed by atoms with van der Waals surface area (Å²) in [5.74, 6) is -1.56. The zero-order chi connectivity index (χ0) is 15.5. The molecule has 1 saturated heterocycles. The van der Waals surface area contributed by atoms with Gasteiger partial charge in [0.2, 0.25) is 5.91 Å². The molecule has 1 heterocycles. The fraction of sp³-hybridized carbons (Fsp3) is 0.562. The molecular formula is C16H22F2N2O. The van der Waals surface area contributed by atoms with Crippen molar-refractivity contribution >= 4 is 5.91 Å². The number of nitrogens with two attached hydrogens (primary N) is 1. The first-order valence-corrected chi connectivity index (χ1v) is 7.35. The number of benzene rings is 1. The highest BCUT2D eigenvalue weighted by atomic mass is 19.2. The van der Waals surface area contributed by atoms with E-state index in [0.717, 1.165) is 24.6 Å². The summed E-state index contributed by atoms with van der Waals surface area (Å²) in [5, 5.41) is 0. The van der Waals surface area contributed by atoms with Gasteiger partial charge in [-0.2, -0.15) is 0 Å². The number of likely N-dealkylation sites (tertiary alicyclic amines) is 1. The largest absolute Gasteiger partial charge is 0.342 e. The number of hydrogen-bond acceptors (Lipinski definition) is 2. The molecule has 1 fully saturated rings. The van der Waals surface area contributed by atoms with Crippen LogP contribution in [0.2, 0.25) is 0 Å². The lowest BCUT2D eigenvalue weighted by Crippen LogP contribution is -2.34. The van der Waals surface area contributed by atoms with E-state index in [4.69, 9.17) is 5.73 Å². The normalized spacial score (nSPS) is 21.8. The average Bonchev–Trinajstić information content (AvgIpc) is 2.86. The Morgan fingerprint density at radius 2 is 2.14 bits per heavy atom. The van der Waals surface area contributed by atoms with E-state index < -0.39 is 11.6 Å². The first kappa shape index (κ1) is 15.9. The van der Waals surface area contributed by atoms with E-state index in [1.165, 1.54) is 6.07 Å². The Kier molecular flexibility index (Phi) is 4.93. The second kappa shape index (κ2) is 6.52. The smallest absolute Gasteiger partial charge is 0.222 e. The molecule has 2 rings (SSSR count). The maximum atomic E-state index is 13.1. The van der Waals surface area contributed by atoms with Gasteiger partial charge in [-0.05, 0) is 48.9 Å². The molecule has 2 N–H and O–H groups in total. The van der Waals surface area contributed by atoms with Gasteiger partial charge in [-0.25, -0.2) is 8.78 Å². The minimum Gasteiger partial charge on any atom is -0.342 e. The summed E-state index contributed by atoms with van der Waals surface area (Å²) in [7, 11) is 0. The molecule has 1 unspecified atom stereocenters. The van der Waals surface area contributed by atoms with E-state index in [1.807, 2.05) is 4.90 Å². The summed E-state index contributed by atoms with van der Waals surface area (Å²) in [4.78, 5) is 14.0. The maximum Gasteiger partial charge on any atom is 0.222 e. The predicted molar refractivity (Wildman–Crippen MR) is 77.7 cm³/mol. The molecule has 116 valence electrons. The van der Waals surface area contributed by atoms with Gasteiger partial charge in [0.15, 0.2) is 11.6 Å². The minimum atomic E-state index is -0.840. The lowest BCUT2D eigenvalue weighted by molar-refractivity contribution is -0.130. The Hall–Kier alpha value is -1.49. The van der Waals surface area contributed by atoms with Gasteiger partial charge in [-0.1, -0.05) is 13.0 Å². The van der Waals surface area contributed by atoms with Crippen molar-refractivity contribution in [3.8, 4) is 0 Å². The summed E-state index contributed by atoms with van der Waals surface area (Å²) in [5.41, 5.74) is 6.48. The van der Waals surface area contributed by atoms with Gasteiger partial charge >= 0.3 is 0 Å². The molecule has 0 bridgehead atoms. The summed E-state index contributed by atoms with van der Waals surface area (Å²) < 4.78 is 25.9. The number of hydrogen-bond donors (Lipinski definition) is 1. The van der Waals surface area contributed by atoms with Crippen molar-refractivity contribution < 1.29 is 13.6 Å². The third-order valence-corrected chi connectivity index (χ3v) is 4.24. The average molecular weight is 296 g/mol. The summed E-state index contributed by atoms with van der Waals surface area (Å²) >= 11 is 0. The Balaban J connectivity index is 1.78. The van der Waals surface area contributed by atoms with Crippen molar-refractivity contribution in [3.05, 3.63) is 35.4 Å². The zero-order valence-electron chi connectivity index (χ0n) is 12.4. The quantitative estimate of drug-likeness (QED) is 0.907. The fourth-order valence-corrected chi connectivity index (χ4v) is 2.70. The van der Waals surface area contributed by atoms with Crippen LogP contribution in [0.5, 0.6) is 0 Å². The van der Waals surface area contributed by atoms with E-state index in [9.17, 15) is 13.6 Å². The zero-order valence-corrected chi connectivity index (χ0v) is 12.4. The number of carbonyl (C=O) groups is 1. The summed E-state index contributed by atoms with van der Waals surface area (Å²) in [6.45, 7) is 4.17. The number of carbonyl (C=O) groups excluding carboxylic acids is 1. The van der Waals surface area contributed by atoms with E-state index in [1.54, 1.807) is 6.07 Å². The molecule has 0 radical (unpaired) electrons. The Morgan fingerprint density at radius 1 is 1.38 bits per heavy atom. The second-order valence-electron chi connectivity index (χ2n) is 6.18. The fourth-order valence-electron chi connectivity index (χ4n) is 2.70. The highest BCUT2D eigenvalue weighted by Crippen LogP contribution is 2.29. The molecule has 1 aliphatic heterocycles. The van der Waals surface area contributed by atoms with E-state index in [-0.39, 0.29) is 11.3 Å². The maximum absolute atomic E-state index is 13.1. The number of aryl methyl sites for hydroxylation is 1. The van der Waals surface area contributed by atoms with Gasteiger partial charge < -0.3 is 10.6 Å². The van der Waals surface area contributed by atoms with E-state index in [2.05, 4.69) is 6.92 Å². The van der Waals surface area contributed by atoms with Gasteiger partial charge in [0, 0.05) is 19.5 Å². The van der Waals surface area contributed by atoms with Crippen molar-refractivity contribution in [2.45, 2.75) is 32.6 Å². The van der Waals surface area contributed by atoms with E-state index >= 15 is 0 Å². The standard InChI is InChI=1S/C16H22F2N2O/c1-16(10-19)7-8-20(11-16)15(21)4-2-3-12-5-6-13(17)14(18)9-12/h5-6,9H,2-4,7-8,10-11,19H2,1H3. The van der Waals surface area contributed by atoms with Crippen LogP contribution in [0.4, 0.5) is 8.78 Å². The SMILES string of the molecule is CC1(CN)CCN(C(=O)CCCc2ccc(F)c(F)c2)C1. The highest BCUT2D eigenvalue weighted by Gasteiger charge is 2.34. The van der Waals surface area contributed by atoms with Crippen LogP contribution in [0.15, 0.2) is 18.2 Å². The van der Waals surface area contributed by atoms with Crippen LogP contribution in [-0.2, 0) is 11.2 Å². The molecule has 0 spiro atoms. The van der Waals surface area contributed by atoms with Gasteiger partial charge in [0.05, 0.1) is 0 Å². The molecule has 3 nitrogen and oxygen atoms in total. The highest BCUT2D eigenvalue weighted by molar-refractivity contribution is 5.76. The number of halogens is 2. The monoisotopic (exact) mass is 296 g/mol. The van der Waals surface area contributed by atoms with Crippen LogP contribution in [0.3, 0.4) is 0 Å². The molecule has 0 aromatic heterocycles. The first-order chi connectivity index (χ1) is 9.93.